The molecule has 9 heteroatoms. The highest BCUT2D eigenvalue weighted by Crippen LogP contribution is 2.32. The van der Waals surface area contributed by atoms with Gasteiger partial charge in [0.2, 0.25) is 10.0 Å². The zero-order chi connectivity index (χ0) is 24.6. The second-order valence-corrected chi connectivity index (χ2v) is 10.0. The Bertz CT molecular complexity index is 1080. The molecule has 2 aromatic carbocycles. The Morgan fingerprint density at radius 2 is 1.65 bits per heavy atom. The van der Waals surface area contributed by atoms with Crippen molar-refractivity contribution < 1.29 is 27.4 Å². The van der Waals surface area contributed by atoms with Crippen LogP contribution in [0.1, 0.15) is 56.3 Å². The first-order chi connectivity index (χ1) is 16.4. The summed E-state index contributed by atoms with van der Waals surface area (Å²) in [4.78, 5) is 13.2. The number of sulfonamides is 1. The highest BCUT2D eigenvalue weighted by atomic mass is 32.2. The van der Waals surface area contributed by atoms with Crippen LogP contribution in [0.4, 0.5) is 5.69 Å². The summed E-state index contributed by atoms with van der Waals surface area (Å²) in [5.74, 6) is 1.01. The van der Waals surface area contributed by atoms with Gasteiger partial charge in [0.25, 0.3) is 5.91 Å². The molecule has 0 aromatic heterocycles. The molecular formula is C25H34N2O6S. The van der Waals surface area contributed by atoms with Crippen LogP contribution in [0.5, 0.6) is 17.2 Å². The van der Waals surface area contributed by atoms with E-state index in [0.29, 0.717) is 49.1 Å². The number of hydrogen-bond donors (Lipinski definition) is 1. The van der Waals surface area contributed by atoms with Gasteiger partial charge in [0, 0.05) is 18.7 Å². The van der Waals surface area contributed by atoms with Crippen molar-refractivity contribution in [2.24, 2.45) is 0 Å². The molecule has 0 spiro atoms. The van der Waals surface area contributed by atoms with Crippen molar-refractivity contribution in [3.8, 4) is 17.2 Å². The van der Waals surface area contributed by atoms with Crippen LogP contribution in [0.3, 0.4) is 0 Å². The van der Waals surface area contributed by atoms with Crippen molar-refractivity contribution in [2.45, 2.75) is 50.8 Å². The summed E-state index contributed by atoms with van der Waals surface area (Å²) in [7, 11) is -2.20. The molecule has 1 saturated heterocycles. The number of rotatable bonds is 10. The van der Waals surface area contributed by atoms with Crippen molar-refractivity contribution in [3.05, 3.63) is 42.0 Å². The minimum atomic E-state index is -3.67. The second kappa shape index (κ2) is 12.1. The molecule has 34 heavy (non-hydrogen) atoms. The maximum atomic E-state index is 13.2. The summed E-state index contributed by atoms with van der Waals surface area (Å²) in [6, 6.07) is 9.50. The SMILES string of the molecule is CCCOc1ccc(C(=O)Nc2cc(S(=O)(=O)N3CCCCCC3)ccc2OC)cc1OCC. The summed E-state index contributed by atoms with van der Waals surface area (Å²) in [6.45, 7) is 5.85. The topological polar surface area (TPSA) is 94.2 Å². The zero-order valence-electron chi connectivity index (χ0n) is 20.1. The Kier molecular flexibility index (Phi) is 9.18. The maximum Gasteiger partial charge on any atom is 0.255 e. The molecule has 1 heterocycles. The van der Waals surface area contributed by atoms with Gasteiger partial charge in [-0.25, -0.2) is 8.42 Å². The molecule has 0 radical (unpaired) electrons. The van der Waals surface area contributed by atoms with Gasteiger partial charge in [-0.1, -0.05) is 19.8 Å². The fourth-order valence-electron chi connectivity index (χ4n) is 3.82. The average Bonchev–Trinajstić information content (AvgIpc) is 3.13. The zero-order valence-corrected chi connectivity index (χ0v) is 20.9. The molecule has 0 atom stereocenters. The van der Waals surface area contributed by atoms with Crippen LogP contribution in [0.25, 0.3) is 0 Å². The normalized spacial score (nSPS) is 14.8. The largest absolute Gasteiger partial charge is 0.495 e. The molecule has 8 nitrogen and oxygen atoms in total. The van der Waals surface area contributed by atoms with Crippen LogP contribution < -0.4 is 19.5 Å². The summed E-state index contributed by atoms with van der Waals surface area (Å²) < 4.78 is 44.7. The Hall–Kier alpha value is -2.78. The molecule has 3 rings (SSSR count). The first-order valence-corrected chi connectivity index (χ1v) is 13.2. The molecule has 186 valence electrons. The number of nitrogens with one attached hydrogen (secondary N) is 1. The Balaban J connectivity index is 1.87. The number of methoxy groups -OCH3 is 1. The first kappa shape index (κ1) is 25.8. The highest BCUT2D eigenvalue weighted by Gasteiger charge is 2.26. The van der Waals surface area contributed by atoms with Gasteiger partial charge in [-0.2, -0.15) is 4.31 Å². The quantitative estimate of drug-likeness (QED) is 0.519. The van der Waals surface area contributed by atoms with Crippen molar-refractivity contribution in [1.82, 2.24) is 4.31 Å². The number of amides is 1. The summed E-state index contributed by atoms with van der Waals surface area (Å²) >= 11 is 0. The molecule has 1 N–H and O–H groups in total. The Morgan fingerprint density at radius 3 is 2.29 bits per heavy atom. The molecule has 1 amide bonds. The fourth-order valence-corrected chi connectivity index (χ4v) is 5.36. The Labute approximate surface area is 202 Å². The lowest BCUT2D eigenvalue weighted by molar-refractivity contribution is 0.102. The van der Waals surface area contributed by atoms with Gasteiger partial charge in [0.05, 0.1) is 30.9 Å². The minimum absolute atomic E-state index is 0.129. The third-order valence-electron chi connectivity index (χ3n) is 5.59. The summed E-state index contributed by atoms with van der Waals surface area (Å²) in [5, 5.41) is 2.79. The van der Waals surface area contributed by atoms with Gasteiger partial charge in [-0.05, 0) is 62.6 Å². The van der Waals surface area contributed by atoms with Crippen molar-refractivity contribution in [3.63, 3.8) is 0 Å². The molecule has 0 unspecified atom stereocenters. The smallest absolute Gasteiger partial charge is 0.255 e. The lowest BCUT2D eigenvalue weighted by atomic mass is 10.1. The van der Waals surface area contributed by atoms with E-state index in [1.54, 1.807) is 24.3 Å². The number of hydrogen-bond acceptors (Lipinski definition) is 6. The highest BCUT2D eigenvalue weighted by molar-refractivity contribution is 7.89. The number of ether oxygens (including phenoxy) is 3. The van der Waals surface area contributed by atoms with Crippen LogP contribution in [-0.4, -0.2) is 52.0 Å². The van der Waals surface area contributed by atoms with Gasteiger partial charge in [-0.3, -0.25) is 4.79 Å². The molecule has 0 saturated carbocycles. The van der Waals surface area contributed by atoms with E-state index in [4.69, 9.17) is 14.2 Å². The molecule has 0 aliphatic carbocycles. The standard InChI is InChI=1S/C25H34N2O6S/c1-4-16-33-23-12-10-19(17-24(23)32-5-2)25(28)26-21-18-20(11-13-22(21)31-3)34(29,30)27-14-8-6-7-9-15-27/h10-13,17-18H,4-9,14-16H2,1-3H3,(H,26,28). The molecular weight excluding hydrogens is 456 g/mol. The number of anilines is 1. The third kappa shape index (κ3) is 6.21. The van der Waals surface area contributed by atoms with E-state index in [1.807, 2.05) is 13.8 Å². The van der Waals surface area contributed by atoms with E-state index >= 15 is 0 Å². The minimum Gasteiger partial charge on any atom is -0.495 e. The van der Waals surface area contributed by atoms with Gasteiger partial charge in [0.1, 0.15) is 5.75 Å². The summed E-state index contributed by atoms with van der Waals surface area (Å²) in [6.07, 6.45) is 4.60. The predicted octanol–water partition coefficient (Wildman–Crippen LogP) is 4.70. The van der Waals surface area contributed by atoms with E-state index in [2.05, 4.69) is 5.32 Å². The molecule has 1 aliphatic heterocycles. The molecule has 0 bridgehead atoms. The molecule has 2 aromatic rings. The van der Waals surface area contributed by atoms with Crippen molar-refractivity contribution in [1.29, 1.82) is 0 Å². The average molecular weight is 491 g/mol. The van der Waals surface area contributed by atoms with Crippen LogP contribution in [0.2, 0.25) is 0 Å². The fraction of sp³-hybridized carbons (Fsp3) is 0.480. The number of carbonyl (C=O) groups is 1. The number of benzene rings is 2. The van der Waals surface area contributed by atoms with Crippen molar-refractivity contribution in [2.75, 3.05) is 38.7 Å². The maximum absolute atomic E-state index is 13.2. The van der Waals surface area contributed by atoms with E-state index in [0.717, 1.165) is 32.1 Å². The van der Waals surface area contributed by atoms with Crippen LogP contribution in [-0.2, 0) is 10.0 Å². The number of nitrogens with zero attached hydrogens (tertiary/aromatic N) is 1. The molecule has 1 fully saturated rings. The van der Waals surface area contributed by atoms with Crippen LogP contribution in [0.15, 0.2) is 41.3 Å². The van der Waals surface area contributed by atoms with Gasteiger partial charge in [-0.15, -0.1) is 0 Å². The lowest BCUT2D eigenvalue weighted by Crippen LogP contribution is -2.32. The van der Waals surface area contributed by atoms with E-state index < -0.39 is 15.9 Å². The summed E-state index contributed by atoms with van der Waals surface area (Å²) in [5.41, 5.74) is 0.641. The van der Waals surface area contributed by atoms with Gasteiger partial charge < -0.3 is 19.5 Å². The van der Waals surface area contributed by atoms with Crippen LogP contribution >= 0.6 is 0 Å². The number of carbonyl (C=O) groups excluding carboxylic acids is 1. The predicted molar refractivity (Wildman–Crippen MR) is 132 cm³/mol. The first-order valence-electron chi connectivity index (χ1n) is 11.8. The van der Waals surface area contributed by atoms with E-state index in [1.165, 1.54) is 23.5 Å². The van der Waals surface area contributed by atoms with Gasteiger partial charge >= 0.3 is 0 Å². The van der Waals surface area contributed by atoms with E-state index in [-0.39, 0.29) is 10.6 Å². The lowest BCUT2D eigenvalue weighted by Gasteiger charge is -2.21. The molecule has 1 aliphatic rings. The third-order valence-corrected chi connectivity index (χ3v) is 7.48. The second-order valence-electron chi connectivity index (χ2n) is 8.08. The Morgan fingerprint density at radius 1 is 0.941 bits per heavy atom. The van der Waals surface area contributed by atoms with Crippen molar-refractivity contribution >= 4 is 21.6 Å². The van der Waals surface area contributed by atoms with E-state index in [9.17, 15) is 13.2 Å². The van der Waals surface area contributed by atoms with Crippen LogP contribution in [0, 0.1) is 0 Å². The monoisotopic (exact) mass is 490 g/mol. The van der Waals surface area contributed by atoms with Gasteiger partial charge in [0.15, 0.2) is 11.5 Å².